The van der Waals surface area contributed by atoms with E-state index >= 15 is 0 Å². The van der Waals surface area contributed by atoms with Gasteiger partial charge in [-0.1, -0.05) is 59.7 Å². The molecule has 2 aromatic rings. The molecule has 2 nitrogen and oxygen atoms in total. The number of hydrogen-bond acceptors (Lipinski definition) is 2. The van der Waals surface area contributed by atoms with Gasteiger partial charge < -0.3 is 9.53 Å². The summed E-state index contributed by atoms with van der Waals surface area (Å²) >= 11 is 0. The molecule has 0 heterocycles. The van der Waals surface area contributed by atoms with Gasteiger partial charge in [-0.25, -0.2) is 8.78 Å². The van der Waals surface area contributed by atoms with Gasteiger partial charge in [-0.15, -0.1) is 0 Å². The summed E-state index contributed by atoms with van der Waals surface area (Å²) in [6.45, 7) is 17.1. The Labute approximate surface area is 175 Å². The summed E-state index contributed by atoms with van der Waals surface area (Å²) in [5.41, 5.74) is 1.69. The topological polar surface area (TPSA) is 29.5 Å². The molecule has 0 aromatic heterocycles. The quantitative estimate of drug-likeness (QED) is 0.517. The molecule has 1 N–H and O–H groups in total. The van der Waals surface area contributed by atoms with E-state index < -0.39 is 31.5 Å². The predicted octanol–water partition coefficient (Wildman–Crippen LogP) is 7.23. The minimum atomic E-state index is -1.93. The van der Waals surface area contributed by atoms with Gasteiger partial charge in [-0.2, -0.15) is 0 Å². The van der Waals surface area contributed by atoms with Gasteiger partial charge in [0.15, 0.2) is 8.32 Å². The number of benzene rings is 2. The van der Waals surface area contributed by atoms with E-state index in [1.807, 2.05) is 32.9 Å². The van der Waals surface area contributed by atoms with Crippen molar-refractivity contribution in [2.24, 2.45) is 5.41 Å². The van der Waals surface area contributed by atoms with Crippen molar-refractivity contribution in [2.45, 2.75) is 72.4 Å². The second kappa shape index (κ2) is 8.29. The first-order valence-electron chi connectivity index (χ1n) is 10.0. The zero-order valence-corrected chi connectivity index (χ0v) is 19.9. The highest BCUT2D eigenvalue weighted by atomic mass is 28.4. The molecule has 5 heteroatoms. The van der Waals surface area contributed by atoms with Crippen LogP contribution in [0.5, 0.6) is 0 Å². The number of halogens is 2. The first-order valence-corrected chi connectivity index (χ1v) is 12.9. The smallest absolute Gasteiger partial charge is 0.192 e. The molecule has 0 aliphatic carbocycles. The molecule has 0 amide bonds. The van der Waals surface area contributed by atoms with Crippen molar-refractivity contribution in [1.29, 1.82) is 0 Å². The lowest BCUT2D eigenvalue weighted by molar-refractivity contribution is 0.0630. The summed E-state index contributed by atoms with van der Waals surface area (Å²) in [7, 11) is -1.93. The molecule has 0 bridgehead atoms. The zero-order valence-electron chi connectivity index (χ0n) is 18.9. The predicted molar refractivity (Wildman–Crippen MR) is 118 cm³/mol. The lowest BCUT2D eigenvalue weighted by Crippen LogP contribution is -2.40. The summed E-state index contributed by atoms with van der Waals surface area (Å²) in [6.07, 6.45) is -0.840. The zero-order chi connectivity index (χ0) is 22.2. The third-order valence-electron chi connectivity index (χ3n) is 5.86. The molecule has 160 valence electrons. The molecule has 0 radical (unpaired) electrons. The molecule has 29 heavy (non-hydrogen) atoms. The van der Waals surface area contributed by atoms with Crippen LogP contribution in [-0.2, 0) is 11.0 Å². The van der Waals surface area contributed by atoms with Gasteiger partial charge in [0.1, 0.15) is 11.6 Å². The van der Waals surface area contributed by atoms with Crippen molar-refractivity contribution >= 4 is 8.32 Å². The van der Waals surface area contributed by atoms with Crippen LogP contribution in [0.2, 0.25) is 18.1 Å². The van der Waals surface area contributed by atoms with Crippen LogP contribution in [0.4, 0.5) is 8.78 Å². The molecule has 0 fully saturated rings. The molecule has 2 rings (SSSR count). The Hall–Kier alpha value is -1.56. The number of hydrogen-bond donors (Lipinski definition) is 1. The minimum Gasteiger partial charge on any atom is -0.413 e. The summed E-state index contributed by atoms with van der Waals surface area (Å²) in [6, 6.07) is 8.88. The number of aliphatic hydroxyl groups excluding tert-OH is 1. The Bertz CT molecular complexity index is 864. The molecule has 0 aliphatic rings. The lowest BCUT2D eigenvalue weighted by Gasteiger charge is -2.36. The standard InChI is InChI=1S/C24H34F2O2Si/c1-23(2,3)22(27)20-13-16(15-28-29(7,8)24(4,5)6)9-11-18(20)19-14-17(25)10-12-21(19)26/h9-14,22,27H,15H2,1-8H3/t22-/m0/s1. The van der Waals surface area contributed by atoms with Gasteiger partial charge in [-0.05, 0) is 58.4 Å². The van der Waals surface area contributed by atoms with Gasteiger partial charge in [0, 0.05) is 5.56 Å². The summed E-state index contributed by atoms with van der Waals surface area (Å²) in [5.74, 6) is -1.03. The highest BCUT2D eigenvalue weighted by Crippen LogP contribution is 2.40. The molecule has 1 atom stereocenters. The highest BCUT2D eigenvalue weighted by Gasteiger charge is 2.37. The Morgan fingerprint density at radius 2 is 1.55 bits per heavy atom. The van der Waals surface area contributed by atoms with Crippen molar-refractivity contribution in [3.63, 3.8) is 0 Å². The average Bonchev–Trinajstić information content (AvgIpc) is 2.59. The monoisotopic (exact) mass is 420 g/mol. The van der Waals surface area contributed by atoms with E-state index in [0.29, 0.717) is 17.7 Å². The van der Waals surface area contributed by atoms with E-state index in [0.717, 1.165) is 17.7 Å². The fourth-order valence-electron chi connectivity index (χ4n) is 2.82. The maximum Gasteiger partial charge on any atom is 0.192 e. The van der Waals surface area contributed by atoms with Crippen LogP contribution in [0.25, 0.3) is 11.1 Å². The van der Waals surface area contributed by atoms with E-state index in [2.05, 4.69) is 33.9 Å². The van der Waals surface area contributed by atoms with E-state index in [1.165, 1.54) is 6.07 Å². The van der Waals surface area contributed by atoms with Crippen LogP contribution in [0, 0.1) is 17.0 Å². The summed E-state index contributed by atoms with van der Waals surface area (Å²) in [5, 5.41) is 11.1. The molecule has 0 unspecified atom stereocenters. The van der Waals surface area contributed by atoms with Gasteiger partial charge >= 0.3 is 0 Å². The minimum absolute atomic E-state index is 0.0887. The van der Waals surface area contributed by atoms with Crippen LogP contribution in [0.15, 0.2) is 36.4 Å². The summed E-state index contributed by atoms with van der Waals surface area (Å²) in [4.78, 5) is 0. The normalized spacial score (nSPS) is 14.2. The second-order valence-corrected chi connectivity index (χ2v) is 15.2. The Morgan fingerprint density at radius 1 is 0.931 bits per heavy atom. The maximum absolute atomic E-state index is 14.5. The van der Waals surface area contributed by atoms with Crippen LogP contribution < -0.4 is 0 Å². The molecule has 0 spiro atoms. The Kier molecular flexibility index (Phi) is 6.78. The van der Waals surface area contributed by atoms with Crippen molar-refractivity contribution in [3.8, 4) is 11.1 Å². The average molecular weight is 421 g/mol. The first-order chi connectivity index (χ1) is 13.1. The third-order valence-corrected chi connectivity index (χ3v) is 10.3. The van der Waals surface area contributed by atoms with E-state index in [1.54, 1.807) is 6.07 Å². The maximum atomic E-state index is 14.5. The fraction of sp³-hybridized carbons (Fsp3) is 0.500. The van der Waals surface area contributed by atoms with Gasteiger partial charge in [-0.3, -0.25) is 0 Å². The molecular weight excluding hydrogens is 386 g/mol. The highest BCUT2D eigenvalue weighted by molar-refractivity contribution is 6.74. The van der Waals surface area contributed by atoms with Crippen LogP contribution >= 0.6 is 0 Å². The van der Waals surface area contributed by atoms with Crippen LogP contribution in [0.1, 0.15) is 58.8 Å². The van der Waals surface area contributed by atoms with Crippen molar-refractivity contribution < 1.29 is 18.3 Å². The lowest BCUT2D eigenvalue weighted by atomic mass is 9.81. The SMILES string of the molecule is CC(C)(C)[C@@H](O)c1cc(CO[Si](C)(C)C(C)(C)C)ccc1-c1cc(F)ccc1F. The number of aliphatic hydroxyl groups is 1. The Balaban J connectivity index is 2.50. The third kappa shape index (κ3) is 5.53. The van der Waals surface area contributed by atoms with E-state index in [4.69, 9.17) is 4.43 Å². The Morgan fingerprint density at radius 3 is 2.10 bits per heavy atom. The van der Waals surface area contributed by atoms with E-state index in [9.17, 15) is 13.9 Å². The molecule has 0 saturated carbocycles. The molecular formula is C24H34F2O2Si. The van der Waals surface area contributed by atoms with Crippen molar-refractivity contribution in [3.05, 3.63) is 59.2 Å². The summed E-state index contributed by atoms with van der Waals surface area (Å²) < 4.78 is 34.6. The van der Waals surface area contributed by atoms with Gasteiger partial charge in [0.2, 0.25) is 0 Å². The van der Waals surface area contributed by atoms with E-state index in [-0.39, 0.29) is 10.6 Å². The van der Waals surface area contributed by atoms with Crippen LogP contribution in [0.3, 0.4) is 0 Å². The molecule has 2 aromatic carbocycles. The van der Waals surface area contributed by atoms with Crippen molar-refractivity contribution in [2.75, 3.05) is 0 Å². The molecule has 0 aliphatic heterocycles. The van der Waals surface area contributed by atoms with Crippen molar-refractivity contribution in [1.82, 2.24) is 0 Å². The molecule has 0 saturated heterocycles. The van der Waals surface area contributed by atoms with Gasteiger partial charge in [0.25, 0.3) is 0 Å². The largest absolute Gasteiger partial charge is 0.413 e. The second-order valence-electron chi connectivity index (χ2n) is 10.4. The van der Waals surface area contributed by atoms with Gasteiger partial charge in [0.05, 0.1) is 12.7 Å². The number of rotatable bonds is 5. The first kappa shape index (κ1) is 23.7. The fourth-order valence-corrected chi connectivity index (χ4v) is 3.78. The van der Waals surface area contributed by atoms with Crippen LogP contribution in [-0.4, -0.2) is 13.4 Å².